The molecule has 0 aromatic carbocycles. The Kier molecular flexibility index (Phi) is 6.22. The summed E-state index contributed by atoms with van der Waals surface area (Å²) in [6.45, 7) is 7.61. The number of amides is 1. The first-order chi connectivity index (χ1) is 12.9. The second-order valence-corrected chi connectivity index (χ2v) is 8.35. The van der Waals surface area contributed by atoms with Crippen LogP contribution >= 0.6 is 0 Å². The van der Waals surface area contributed by atoms with Gasteiger partial charge in [-0.25, -0.2) is 0 Å². The fourth-order valence-electron chi connectivity index (χ4n) is 3.52. The maximum absolute atomic E-state index is 12.5. The number of pyridine rings is 2. The van der Waals surface area contributed by atoms with E-state index in [1.165, 1.54) is 24.8 Å². The Hall–Kier alpha value is -2.27. The summed E-state index contributed by atoms with van der Waals surface area (Å²) in [6, 6.07) is 6.52. The molecule has 144 valence electrons. The third-order valence-corrected chi connectivity index (χ3v) is 5.16. The van der Waals surface area contributed by atoms with Gasteiger partial charge in [0.1, 0.15) is 0 Å². The summed E-state index contributed by atoms with van der Waals surface area (Å²) < 4.78 is 0. The highest BCUT2D eigenvalue weighted by Gasteiger charge is 2.25. The molecule has 5 heteroatoms. The molecule has 27 heavy (non-hydrogen) atoms. The number of carbonyl (C=O) groups excluding carboxylic acids is 1. The average Bonchev–Trinajstić information content (AvgIpc) is 2.89. The Morgan fingerprint density at radius 3 is 2.59 bits per heavy atom. The molecule has 5 nitrogen and oxygen atoms in total. The number of nitrogens with one attached hydrogen (secondary N) is 1. The molecular formula is C22H30N4O. The molecule has 3 rings (SSSR count). The first kappa shape index (κ1) is 19.5. The Labute approximate surface area is 162 Å². The number of hydrogen-bond donors (Lipinski definition) is 1. The summed E-state index contributed by atoms with van der Waals surface area (Å²) in [4.78, 5) is 23.5. The van der Waals surface area contributed by atoms with Crippen LogP contribution in [0.4, 0.5) is 5.69 Å². The SMILES string of the molecule is CC(C)(C)C(=O)Nc1ccncc1CN1CCCCC[C@H]1c1ccncc1. The largest absolute Gasteiger partial charge is 0.325 e. The molecule has 1 atom stereocenters. The molecule has 1 fully saturated rings. The fraction of sp³-hybridized carbons (Fsp3) is 0.500. The van der Waals surface area contributed by atoms with Crippen LogP contribution in [0.2, 0.25) is 0 Å². The molecular weight excluding hydrogens is 336 g/mol. The van der Waals surface area contributed by atoms with E-state index in [9.17, 15) is 4.79 Å². The standard InChI is InChI=1S/C22H30N4O/c1-22(2,3)21(27)25-19-10-13-24-15-18(19)16-26-14-6-4-5-7-20(26)17-8-11-23-12-9-17/h8-13,15,20H,4-7,14,16H2,1-3H3,(H,24,25,27)/t20-/m0/s1. The van der Waals surface area contributed by atoms with E-state index in [2.05, 4.69) is 32.3 Å². The first-order valence-corrected chi connectivity index (χ1v) is 9.83. The van der Waals surface area contributed by atoms with Gasteiger partial charge < -0.3 is 5.32 Å². The van der Waals surface area contributed by atoms with Gasteiger partial charge in [-0.15, -0.1) is 0 Å². The van der Waals surface area contributed by atoms with Crippen molar-refractivity contribution in [1.82, 2.24) is 14.9 Å². The van der Waals surface area contributed by atoms with Gasteiger partial charge in [-0.1, -0.05) is 33.6 Å². The molecule has 1 saturated heterocycles. The minimum absolute atomic E-state index is 0.0245. The molecule has 2 aromatic heterocycles. The maximum atomic E-state index is 12.5. The third-order valence-electron chi connectivity index (χ3n) is 5.16. The summed E-state index contributed by atoms with van der Waals surface area (Å²) >= 11 is 0. The van der Waals surface area contributed by atoms with Gasteiger partial charge in [0, 0.05) is 54.0 Å². The molecule has 0 aliphatic carbocycles. The molecule has 1 N–H and O–H groups in total. The lowest BCUT2D eigenvalue weighted by atomic mass is 9.95. The van der Waals surface area contributed by atoms with E-state index in [4.69, 9.17) is 0 Å². The highest BCUT2D eigenvalue weighted by atomic mass is 16.2. The van der Waals surface area contributed by atoms with Gasteiger partial charge in [-0.05, 0) is 43.1 Å². The van der Waals surface area contributed by atoms with Gasteiger partial charge in [0.2, 0.25) is 5.91 Å². The zero-order valence-electron chi connectivity index (χ0n) is 16.6. The van der Waals surface area contributed by atoms with Crippen LogP contribution in [0.1, 0.15) is 63.6 Å². The van der Waals surface area contributed by atoms with Crippen LogP contribution in [-0.2, 0) is 11.3 Å². The zero-order valence-corrected chi connectivity index (χ0v) is 16.6. The highest BCUT2D eigenvalue weighted by molar-refractivity contribution is 5.95. The van der Waals surface area contributed by atoms with Crippen molar-refractivity contribution < 1.29 is 4.79 Å². The lowest BCUT2D eigenvalue weighted by Crippen LogP contribution is -2.30. The van der Waals surface area contributed by atoms with E-state index in [1.807, 2.05) is 45.4 Å². The normalized spacial score (nSPS) is 18.7. The van der Waals surface area contributed by atoms with Crippen molar-refractivity contribution in [3.05, 3.63) is 54.1 Å². The predicted octanol–water partition coefficient (Wildman–Crippen LogP) is 4.58. The molecule has 1 aliphatic rings. The summed E-state index contributed by atoms with van der Waals surface area (Å²) in [5, 5.41) is 3.09. The van der Waals surface area contributed by atoms with E-state index in [0.717, 1.165) is 30.8 Å². The number of likely N-dealkylation sites (tertiary alicyclic amines) is 1. The van der Waals surface area contributed by atoms with E-state index in [1.54, 1.807) is 6.20 Å². The third kappa shape index (κ3) is 5.13. The number of carbonyl (C=O) groups is 1. The quantitative estimate of drug-likeness (QED) is 0.860. The smallest absolute Gasteiger partial charge is 0.229 e. The Balaban J connectivity index is 1.83. The number of nitrogens with zero attached hydrogens (tertiary/aromatic N) is 3. The van der Waals surface area contributed by atoms with Crippen molar-refractivity contribution in [3.8, 4) is 0 Å². The van der Waals surface area contributed by atoms with Crippen LogP contribution in [0.3, 0.4) is 0 Å². The first-order valence-electron chi connectivity index (χ1n) is 9.83. The van der Waals surface area contributed by atoms with Crippen LogP contribution in [0.15, 0.2) is 43.0 Å². The molecule has 0 saturated carbocycles. The number of aromatic nitrogens is 2. The summed E-state index contributed by atoms with van der Waals surface area (Å²) in [5.74, 6) is 0.0245. The van der Waals surface area contributed by atoms with Crippen LogP contribution in [-0.4, -0.2) is 27.3 Å². The van der Waals surface area contributed by atoms with Crippen LogP contribution in [0, 0.1) is 5.41 Å². The van der Waals surface area contributed by atoms with Crippen molar-refractivity contribution in [2.45, 2.75) is 59.0 Å². The van der Waals surface area contributed by atoms with Gasteiger partial charge in [-0.3, -0.25) is 19.7 Å². The highest BCUT2D eigenvalue weighted by Crippen LogP contribution is 2.32. The second kappa shape index (κ2) is 8.61. The van der Waals surface area contributed by atoms with Crippen molar-refractivity contribution in [2.75, 3.05) is 11.9 Å². The van der Waals surface area contributed by atoms with Crippen molar-refractivity contribution >= 4 is 11.6 Å². The number of anilines is 1. The fourth-order valence-corrected chi connectivity index (χ4v) is 3.52. The Morgan fingerprint density at radius 1 is 1.11 bits per heavy atom. The number of rotatable bonds is 4. The summed E-state index contributed by atoms with van der Waals surface area (Å²) in [5.41, 5.74) is 2.82. The van der Waals surface area contributed by atoms with Crippen LogP contribution in [0.5, 0.6) is 0 Å². The molecule has 1 aliphatic heterocycles. The Bertz CT molecular complexity index is 754. The predicted molar refractivity (Wildman–Crippen MR) is 108 cm³/mol. The monoisotopic (exact) mass is 366 g/mol. The van der Waals surface area contributed by atoms with Crippen molar-refractivity contribution in [1.29, 1.82) is 0 Å². The van der Waals surface area contributed by atoms with Gasteiger partial charge in [0.15, 0.2) is 0 Å². The summed E-state index contributed by atoms with van der Waals surface area (Å²) in [6.07, 6.45) is 12.2. The van der Waals surface area contributed by atoms with Crippen molar-refractivity contribution in [3.63, 3.8) is 0 Å². The number of hydrogen-bond acceptors (Lipinski definition) is 4. The minimum atomic E-state index is -0.428. The van der Waals surface area contributed by atoms with E-state index >= 15 is 0 Å². The average molecular weight is 367 g/mol. The van der Waals surface area contributed by atoms with Crippen LogP contribution < -0.4 is 5.32 Å². The van der Waals surface area contributed by atoms with Gasteiger partial charge in [0.25, 0.3) is 0 Å². The van der Waals surface area contributed by atoms with E-state index < -0.39 is 5.41 Å². The van der Waals surface area contributed by atoms with Crippen molar-refractivity contribution in [2.24, 2.45) is 5.41 Å². The van der Waals surface area contributed by atoms with Gasteiger partial charge in [0.05, 0.1) is 0 Å². The lowest BCUT2D eigenvalue weighted by Gasteiger charge is -2.31. The molecule has 0 spiro atoms. The van der Waals surface area contributed by atoms with Gasteiger partial charge in [-0.2, -0.15) is 0 Å². The maximum Gasteiger partial charge on any atom is 0.229 e. The molecule has 0 bridgehead atoms. The van der Waals surface area contributed by atoms with E-state index in [0.29, 0.717) is 6.04 Å². The Morgan fingerprint density at radius 2 is 1.85 bits per heavy atom. The molecule has 3 heterocycles. The minimum Gasteiger partial charge on any atom is -0.325 e. The molecule has 2 aromatic rings. The molecule has 0 unspecified atom stereocenters. The molecule has 0 radical (unpaired) electrons. The van der Waals surface area contributed by atoms with E-state index in [-0.39, 0.29) is 5.91 Å². The summed E-state index contributed by atoms with van der Waals surface area (Å²) in [7, 11) is 0. The molecule has 1 amide bonds. The topological polar surface area (TPSA) is 58.1 Å². The van der Waals surface area contributed by atoms with Gasteiger partial charge >= 0.3 is 0 Å². The van der Waals surface area contributed by atoms with Crippen LogP contribution in [0.25, 0.3) is 0 Å². The lowest BCUT2D eigenvalue weighted by molar-refractivity contribution is -0.123. The second-order valence-electron chi connectivity index (χ2n) is 8.35. The zero-order chi connectivity index (χ0) is 19.3.